The molecule has 1 aromatic heterocycles. The van der Waals surface area contributed by atoms with Gasteiger partial charge in [-0.15, -0.1) is 0 Å². The molecule has 4 nitrogen and oxygen atoms in total. The fourth-order valence-electron chi connectivity index (χ4n) is 3.34. The summed E-state index contributed by atoms with van der Waals surface area (Å²) in [6, 6.07) is 3.80. The van der Waals surface area contributed by atoms with Crippen molar-refractivity contribution in [3.05, 3.63) is 39.2 Å². The van der Waals surface area contributed by atoms with Gasteiger partial charge >= 0.3 is 5.63 Å². The minimum absolute atomic E-state index is 0.162. The summed E-state index contributed by atoms with van der Waals surface area (Å²) in [5, 5.41) is 0.932. The lowest BCUT2D eigenvalue weighted by Crippen LogP contribution is -2.30. The molecule has 3 rings (SSSR count). The largest absolute Gasteiger partial charge is 0.482 e. The van der Waals surface area contributed by atoms with Crippen LogP contribution in [0.4, 0.5) is 0 Å². The van der Waals surface area contributed by atoms with E-state index in [0.29, 0.717) is 29.7 Å². The maximum absolute atomic E-state index is 12.1. The molecule has 1 aliphatic carbocycles. The molecule has 0 unspecified atom stereocenters. The van der Waals surface area contributed by atoms with Crippen LogP contribution in [0, 0.1) is 13.8 Å². The van der Waals surface area contributed by atoms with Crippen molar-refractivity contribution in [3.8, 4) is 5.75 Å². The van der Waals surface area contributed by atoms with Gasteiger partial charge in [0.2, 0.25) is 0 Å². The van der Waals surface area contributed by atoms with E-state index in [4.69, 9.17) is 9.15 Å². The molecule has 0 spiro atoms. The molecule has 122 valence electrons. The number of aryl methyl sites for hydroxylation is 2. The van der Waals surface area contributed by atoms with Gasteiger partial charge in [0, 0.05) is 22.9 Å². The zero-order valence-electron chi connectivity index (χ0n) is 13.9. The van der Waals surface area contributed by atoms with Gasteiger partial charge in [0.15, 0.2) is 11.9 Å². The van der Waals surface area contributed by atoms with Crippen LogP contribution in [0.25, 0.3) is 11.0 Å². The minimum Gasteiger partial charge on any atom is -0.482 e. The van der Waals surface area contributed by atoms with Gasteiger partial charge in [0.25, 0.3) is 0 Å². The van der Waals surface area contributed by atoms with Gasteiger partial charge in [-0.05, 0) is 57.2 Å². The number of fused-ring (bicyclic) bond motifs is 1. The Morgan fingerprint density at radius 1 is 1.17 bits per heavy atom. The molecule has 1 fully saturated rings. The summed E-state index contributed by atoms with van der Waals surface area (Å²) in [5.74, 6) is 0.791. The van der Waals surface area contributed by atoms with Crippen molar-refractivity contribution in [1.82, 2.24) is 0 Å². The van der Waals surface area contributed by atoms with E-state index in [0.717, 1.165) is 35.8 Å². The molecule has 0 bridgehead atoms. The van der Waals surface area contributed by atoms with Crippen molar-refractivity contribution < 1.29 is 13.9 Å². The van der Waals surface area contributed by atoms with Gasteiger partial charge in [-0.25, -0.2) is 4.79 Å². The van der Waals surface area contributed by atoms with Gasteiger partial charge in [0.1, 0.15) is 11.3 Å². The molecule has 0 amide bonds. The lowest BCUT2D eigenvalue weighted by molar-refractivity contribution is -0.127. The van der Waals surface area contributed by atoms with Crippen LogP contribution in [0.1, 0.15) is 49.3 Å². The number of carbonyl (C=O) groups is 1. The SMILES string of the molecule is CCc1c(C)c2ccc(O[C@H]3CCCCC3=O)c(C)c2oc1=O. The first-order valence-corrected chi connectivity index (χ1v) is 8.28. The van der Waals surface area contributed by atoms with Crippen molar-refractivity contribution in [3.63, 3.8) is 0 Å². The van der Waals surface area contributed by atoms with Crippen molar-refractivity contribution in [2.75, 3.05) is 0 Å². The molecule has 0 N–H and O–H groups in total. The van der Waals surface area contributed by atoms with Crippen molar-refractivity contribution in [2.45, 2.75) is 59.0 Å². The normalized spacial score (nSPS) is 18.4. The van der Waals surface area contributed by atoms with Crippen LogP contribution < -0.4 is 10.4 Å². The fraction of sp³-hybridized carbons (Fsp3) is 0.474. The second-order valence-corrected chi connectivity index (χ2v) is 6.23. The summed E-state index contributed by atoms with van der Waals surface area (Å²) in [7, 11) is 0. The average molecular weight is 314 g/mol. The van der Waals surface area contributed by atoms with Crippen molar-refractivity contribution in [1.29, 1.82) is 0 Å². The van der Waals surface area contributed by atoms with Crippen LogP contribution in [0.2, 0.25) is 0 Å². The topological polar surface area (TPSA) is 56.5 Å². The van der Waals surface area contributed by atoms with E-state index in [1.54, 1.807) is 0 Å². The average Bonchev–Trinajstić information content (AvgIpc) is 2.53. The molecule has 4 heteroatoms. The van der Waals surface area contributed by atoms with Gasteiger partial charge < -0.3 is 9.15 Å². The Bertz CT molecular complexity index is 816. The molecule has 1 heterocycles. The van der Waals surface area contributed by atoms with Gasteiger partial charge in [-0.1, -0.05) is 6.92 Å². The smallest absolute Gasteiger partial charge is 0.339 e. The highest BCUT2D eigenvalue weighted by Gasteiger charge is 2.25. The third kappa shape index (κ3) is 2.78. The molecule has 1 atom stereocenters. The van der Waals surface area contributed by atoms with Crippen LogP contribution in [0.15, 0.2) is 21.3 Å². The highest BCUT2D eigenvalue weighted by Crippen LogP contribution is 2.31. The highest BCUT2D eigenvalue weighted by atomic mass is 16.5. The Morgan fingerprint density at radius 2 is 1.96 bits per heavy atom. The summed E-state index contributed by atoms with van der Waals surface area (Å²) in [6.07, 6.45) is 3.58. The first-order chi connectivity index (χ1) is 11.0. The van der Waals surface area contributed by atoms with E-state index in [1.807, 2.05) is 32.9 Å². The molecule has 1 saturated carbocycles. The fourth-order valence-corrected chi connectivity index (χ4v) is 3.34. The monoisotopic (exact) mass is 314 g/mol. The highest BCUT2D eigenvalue weighted by molar-refractivity contribution is 5.87. The van der Waals surface area contributed by atoms with Crippen LogP contribution in [0.5, 0.6) is 5.75 Å². The lowest BCUT2D eigenvalue weighted by Gasteiger charge is -2.23. The Balaban J connectivity index is 2.05. The Hall–Kier alpha value is -2.10. The minimum atomic E-state index is -0.373. The first-order valence-electron chi connectivity index (χ1n) is 8.28. The molecule has 0 aliphatic heterocycles. The number of hydrogen-bond donors (Lipinski definition) is 0. The molecule has 23 heavy (non-hydrogen) atoms. The lowest BCUT2D eigenvalue weighted by atomic mass is 9.96. The maximum atomic E-state index is 12.1. The Labute approximate surface area is 135 Å². The zero-order chi connectivity index (χ0) is 16.6. The number of benzene rings is 1. The quantitative estimate of drug-likeness (QED) is 0.807. The molecule has 1 aliphatic rings. The molecular formula is C19H22O4. The number of rotatable bonds is 3. The van der Waals surface area contributed by atoms with Crippen molar-refractivity contribution in [2.24, 2.45) is 0 Å². The summed E-state index contributed by atoms with van der Waals surface area (Å²) in [6.45, 7) is 5.77. The van der Waals surface area contributed by atoms with E-state index < -0.39 is 0 Å². The van der Waals surface area contributed by atoms with Crippen LogP contribution in [0.3, 0.4) is 0 Å². The van der Waals surface area contributed by atoms with Crippen LogP contribution in [-0.4, -0.2) is 11.9 Å². The van der Waals surface area contributed by atoms with Gasteiger partial charge in [0.05, 0.1) is 0 Å². The number of ketones is 1. The predicted molar refractivity (Wildman–Crippen MR) is 89.2 cm³/mol. The molecular weight excluding hydrogens is 292 g/mol. The maximum Gasteiger partial charge on any atom is 0.339 e. The Kier molecular flexibility index (Phi) is 4.24. The van der Waals surface area contributed by atoms with E-state index in [-0.39, 0.29) is 17.5 Å². The van der Waals surface area contributed by atoms with E-state index >= 15 is 0 Å². The summed E-state index contributed by atoms with van der Waals surface area (Å²) >= 11 is 0. The summed E-state index contributed by atoms with van der Waals surface area (Å²) in [5.41, 5.74) is 2.73. The number of Topliss-reactive ketones (excluding diaryl/α,β-unsaturated/α-hetero) is 1. The molecule has 1 aromatic carbocycles. The second kappa shape index (κ2) is 6.19. The summed E-state index contributed by atoms with van der Waals surface area (Å²) < 4.78 is 11.5. The van der Waals surface area contributed by atoms with Crippen LogP contribution >= 0.6 is 0 Å². The third-order valence-corrected chi connectivity index (χ3v) is 4.78. The molecule has 0 radical (unpaired) electrons. The van der Waals surface area contributed by atoms with E-state index in [1.165, 1.54) is 0 Å². The first kappa shape index (κ1) is 15.8. The molecule has 0 saturated heterocycles. The molecule has 2 aromatic rings. The van der Waals surface area contributed by atoms with Gasteiger partial charge in [-0.3, -0.25) is 4.79 Å². The van der Waals surface area contributed by atoms with E-state index in [9.17, 15) is 9.59 Å². The zero-order valence-corrected chi connectivity index (χ0v) is 13.9. The standard InChI is InChI=1S/C19H22O4/c1-4-13-11(2)14-9-10-16(12(3)18(14)23-19(13)21)22-17-8-6-5-7-15(17)20/h9-10,17H,4-8H2,1-3H3/t17-/m0/s1. The summed E-state index contributed by atoms with van der Waals surface area (Å²) in [4.78, 5) is 24.1. The van der Waals surface area contributed by atoms with Crippen LogP contribution in [-0.2, 0) is 11.2 Å². The Morgan fingerprint density at radius 3 is 2.65 bits per heavy atom. The number of hydrogen-bond acceptors (Lipinski definition) is 4. The number of carbonyl (C=O) groups excluding carboxylic acids is 1. The second-order valence-electron chi connectivity index (χ2n) is 6.23. The third-order valence-electron chi connectivity index (χ3n) is 4.78. The number of ether oxygens (including phenoxy) is 1. The van der Waals surface area contributed by atoms with E-state index in [2.05, 4.69) is 0 Å². The van der Waals surface area contributed by atoms with Gasteiger partial charge in [-0.2, -0.15) is 0 Å². The van der Waals surface area contributed by atoms with Crippen molar-refractivity contribution >= 4 is 16.8 Å². The predicted octanol–water partition coefficient (Wildman–Crippen LogP) is 3.86.